The van der Waals surface area contributed by atoms with Crippen LogP contribution < -0.4 is 0 Å². The molecule has 0 bridgehead atoms. The standard InChI is InChI=1S/C11H20BrNO/c1-13-9-5-3-7-10(11(13)14)6-2-4-8-12/h10H,2-9H2,1H3. The van der Waals surface area contributed by atoms with Gasteiger partial charge in [0, 0.05) is 24.8 Å². The van der Waals surface area contributed by atoms with Gasteiger partial charge in [-0.05, 0) is 25.7 Å². The molecule has 0 aromatic heterocycles. The molecule has 1 aliphatic heterocycles. The third-order valence-corrected chi connectivity index (χ3v) is 3.52. The molecule has 1 saturated heterocycles. The van der Waals surface area contributed by atoms with E-state index in [4.69, 9.17) is 0 Å². The van der Waals surface area contributed by atoms with Crippen LogP contribution in [-0.2, 0) is 4.79 Å². The molecule has 1 fully saturated rings. The lowest BCUT2D eigenvalue weighted by Gasteiger charge is -2.19. The lowest BCUT2D eigenvalue weighted by molar-refractivity contribution is -0.133. The van der Waals surface area contributed by atoms with Crippen LogP contribution in [0.5, 0.6) is 0 Å². The van der Waals surface area contributed by atoms with Crippen LogP contribution >= 0.6 is 15.9 Å². The highest BCUT2D eigenvalue weighted by Gasteiger charge is 2.23. The van der Waals surface area contributed by atoms with Crippen LogP contribution in [0.1, 0.15) is 38.5 Å². The summed E-state index contributed by atoms with van der Waals surface area (Å²) >= 11 is 3.42. The first kappa shape index (κ1) is 12.0. The fourth-order valence-corrected chi connectivity index (χ4v) is 2.43. The Hall–Kier alpha value is -0.0500. The molecule has 0 saturated carbocycles. The van der Waals surface area contributed by atoms with E-state index in [1.165, 1.54) is 25.7 Å². The quantitative estimate of drug-likeness (QED) is 0.563. The first-order valence-corrected chi connectivity index (χ1v) is 6.69. The van der Waals surface area contributed by atoms with E-state index in [1.807, 2.05) is 11.9 Å². The van der Waals surface area contributed by atoms with Crippen molar-refractivity contribution >= 4 is 21.8 Å². The molecule has 0 radical (unpaired) electrons. The molecular weight excluding hydrogens is 242 g/mol. The average Bonchev–Trinajstić information content (AvgIpc) is 2.33. The Kier molecular flexibility index (Phi) is 5.53. The average molecular weight is 262 g/mol. The summed E-state index contributed by atoms with van der Waals surface area (Å²) in [6, 6.07) is 0. The summed E-state index contributed by atoms with van der Waals surface area (Å²) in [5.41, 5.74) is 0. The minimum atomic E-state index is 0.307. The van der Waals surface area contributed by atoms with Gasteiger partial charge in [0.05, 0.1) is 0 Å². The molecule has 1 atom stereocenters. The van der Waals surface area contributed by atoms with Gasteiger partial charge in [0.2, 0.25) is 5.91 Å². The van der Waals surface area contributed by atoms with Crippen LogP contribution in [0, 0.1) is 5.92 Å². The summed E-state index contributed by atoms with van der Waals surface area (Å²) in [5.74, 6) is 0.679. The summed E-state index contributed by atoms with van der Waals surface area (Å²) in [5, 5.41) is 1.06. The molecule has 0 spiro atoms. The van der Waals surface area contributed by atoms with E-state index >= 15 is 0 Å². The third-order valence-electron chi connectivity index (χ3n) is 2.96. The minimum absolute atomic E-state index is 0.307. The van der Waals surface area contributed by atoms with Crippen LogP contribution in [-0.4, -0.2) is 29.7 Å². The zero-order chi connectivity index (χ0) is 10.4. The summed E-state index contributed by atoms with van der Waals surface area (Å²) in [7, 11) is 1.94. The first-order valence-electron chi connectivity index (χ1n) is 5.56. The van der Waals surface area contributed by atoms with E-state index in [9.17, 15) is 4.79 Å². The monoisotopic (exact) mass is 261 g/mol. The number of nitrogens with zero attached hydrogens (tertiary/aromatic N) is 1. The second-order valence-corrected chi connectivity index (χ2v) is 4.93. The molecule has 1 unspecified atom stereocenters. The SMILES string of the molecule is CN1CCCCC(CCCCBr)C1=O. The van der Waals surface area contributed by atoms with Crippen LogP contribution in [0.2, 0.25) is 0 Å². The van der Waals surface area contributed by atoms with Crippen molar-refractivity contribution in [2.45, 2.75) is 38.5 Å². The fraction of sp³-hybridized carbons (Fsp3) is 0.909. The highest BCUT2D eigenvalue weighted by molar-refractivity contribution is 9.09. The Labute approximate surface area is 95.2 Å². The van der Waals surface area contributed by atoms with E-state index in [2.05, 4.69) is 15.9 Å². The zero-order valence-corrected chi connectivity index (χ0v) is 10.6. The van der Waals surface area contributed by atoms with Gasteiger partial charge < -0.3 is 4.90 Å². The van der Waals surface area contributed by atoms with Crippen LogP contribution in [0.25, 0.3) is 0 Å². The Morgan fingerprint density at radius 2 is 2.21 bits per heavy atom. The Morgan fingerprint density at radius 1 is 1.43 bits per heavy atom. The highest BCUT2D eigenvalue weighted by Crippen LogP contribution is 2.22. The molecular formula is C11H20BrNO. The second kappa shape index (κ2) is 6.44. The number of rotatable bonds is 4. The van der Waals surface area contributed by atoms with Crippen LogP contribution in [0.3, 0.4) is 0 Å². The van der Waals surface area contributed by atoms with Crippen molar-refractivity contribution in [3.63, 3.8) is 0 Å². The number of carbonyl (C=O) groups is 1. The van der Waals surface area contributed by atoms with Gasteiger partial charge in [0.15, 0.2) is 0 Å². The number of carbonyl (C=O) groups excluding carboxylic acids is 1. The van der Waals surface area contributed by atoms with Gasteiger partial charge in [-0.3, -0.25) is 4.79 Å². The van der Waals surface area contributed by atoms with Gasteiger partial charge in [0.1, 0.15) is 0 Å². The van der Waals surface area contributed by atoms with E-state index in [1.54, 1.807) is 0 Å². The third kappa shape index (κ3) is 3.60. The fourth-order valence-electron chi connectivity index (χ4n) is 2.04. The summed E-state index contributed by atoms with van der Waals surface area (Å²) in [6.45, 7) is 0.952. The van der Waals surface area contributed by atoms with Crippen molar-refractivity contribution in [3.8, 4) is 0 Å². The summed E-state index contributed by atoms with van der Waals surface area (Å²) in [6.07, 6.45) is 6.94. The molecule has 0 N–H and O–H groups in total. The molecule has 0 aromatic rings. The maximum Gasteiger partial charge on any atom is 0.225 e. The number of unbranched alkanes of at least 4 members (excludes halogenated alkanes) is 1. The summed E-state index contributed by atoms with van der Waals surface area (Å²) in [4.78, 5) is 13.8. The molecule has 82 valence electrons. The van der Waals surface area contributed by atoms with Crippen molar-refractivity contribution in [3.05, 3.63) is 0 Å². The number of halogens is 1. The van der Waals surface area contributed by atoms with Gasteiger partial charge in [-0.2, -0.15) is 0 Å². The molecule has 2 nitrogen and oxygen atoms in total. The molecule has 0 aromatic carbocycles. The largest absolute Gasteiger partial charge is 0.346 e. The number of alkyl halides is 1. The minimum Gasteiger partial charge on any atom is -0.346 e. The van der Waals surface area contributed by atoms with Gasteiger partial charge >= 0.3 is 0 Å². The van der Waals surface area contributed by atoms with E-state index < -0.39 is 0 Å². The number of hydrogen-bond donors (Lipinski definition) is 0. The number of amides is 1. The molecule has 14 heavy (non-hydrogen) atoms. The van der Waals surface area contributed by atoms with Gasteiger partial charge in [-0.25, -0.2) is 0 Å². The zero-order valence-electron chi connectivity index (χ0n) is 8.97. The molecule has 1 heterocycles. The number of likely N-dealkylation sites (tertiary alicyclic amines) is 1. The van der Waals surface area contributed by atoms with Crippen LogP contribution in [0.15, 0.2) is 0 Å². The molecule has 0 aliphatic carbocycles. The maximum absolute atomic E-state index is 11.9. The van der Waals surface area contributed by atoms with E-state index in [0.717, 1.165) is 24.7 Å². The lowest BCUT2D eigenvalue weighted by atomic mass is 9.96. The van der Waals surface area contributed by atoms with Crippen molar-refractivity contribution in [1.82, 2.24) is 4.90 Å². The van der Waals surface area contributed by atoms with Gasteiger partial charge in [-0.1, -0.05) is 28.8 Å². The first-order chi connectivity index (χ1) is 6.75. The Morgan fingerprint density at radius 3 is 2.93 bits per heavy atom. The normalized spacial score (nSPS) is 23.7. The van der Waals surface area contributed by atoms with Gasteiger partial charge in [0.25, 0.3) is 0 Å². The molecule has 3 heteroatoms. The predicted octanol–water partition coefficient (Wildman–Crippen LogP) is 2.81. The van der Waals surface area contributed by atoms with E-state index in [-0.39, 0.29) is 0 Å². The number of hydrogen-bond acceptors (Lipinski definition) is 1. The van der Waals surface area contributed by atoms with Gasteiger partial charge in [-0.15, -0.1) is 0 Å². The predicted molar refractivity (Wildman–Crippen MR) is 62.6 cm³/mol. The van der Waals surface area contributed by atoms with Crippen LogP contribution in [0.4, 0.5) is 0 Å². The highest BCUT2D eigenvalue weighted by atomic mass is 79.9. The van der Waals surface area contributed by atoms with Crippen molar-refractivity contribution in [1.29, 1.82) is 0 Å². The van der Waals surface area contributed by atoms with Crippen molar-refractivity contribution in [2.24, 2.45) is 5.92 Å². The Balaban J connectivity index is 2.36. The lowest BCUT2D eigenvalue weighted by Crippen LogP contribution is -2.31. The second-order valence-electron chi connectivity index (χ2n) is 4.14. The topological polar surface area (TPSA) is 20.3 Å². The maximum atomic E-state index is 11.9. The molecule has 1 amide bonds. The Bertz CT molecular complexity index is 184. The van der Waals surface area contributed by atoms with Crippen molar-refractivity contribution < 1.29 is 4.79 Å². The smallest absolute Gasteiger partial charge is 0.225 e. The van der Waals surface area contributed by atoms with E-state index in [0.29, 0.717) is 11.8 Å². The summed E-state index contributed by atoms with van der Waals surface area (Å²) < 4.78 is 0. The van der Waals surface area contributed by atoms with Crippen molar-refractivity contribution in [2.75, 3.05) is 18.9 Å². The molecule has 1 aliphatic rings. The molecule has 1 rings (SSSR count).